The minimum absolute atomic E-state index is 0.168. The average molecular weight is 564 g/mol. The first-order chi connectivity index (χ1) is 20.0. The van der Waals surface area contributed by atoms with E-state index >= 15 is 4.39 Å². The standard InChI is InChI=1S/C32H42FN5O3/c1-3-41-32(39)24-13-15-36(19-24)26-11-12-27(28(33)17-26)29-18-31-34-25(16-30(38(31)35-29)23-9-7-10-23)20-40-21-37-14-6-4-5-8-22(37)2/h11-12,16-18,22-24H,3-10,13-15,19-21H2,1-2H3/t22-,24+/m1/s1. The van der Waals surface area contributed by atoms with E-state index in [1.54, 1.807) is 12.1 Å². The molecule has 220 valence electrons. The highest BCUT2D eigenvalue weighted by molar-refractivity contribution is 5.75. The lowest BCUT2D eigenvalue weighted by Gasteiger charge is -2.27. The van der Waals surface area contributed by atoms with E-state index in [9.17, 15) is 4.79 Å². The van der Waals surface area contributed by atoms with Crippen molar-refractivity contribution in [2.75, 3.05) is 37.9 Å². The van der Waals surface area contributed by atoms with Gasteiger partial charge in [0.1, 0.15) is 5.82 Å². The highest BCUT2D eigenvalue weighted by atomic mass is 19.1. The molecule has 0 unspecified atom stereocenters. The molecule has 8 nitrogen and oxygen atoms in total. The number of carbonyl (C=O) groups excluding carboxylic acids is 1. The van der Waals surface area contributed by atoms with Crippen LogP contribution < -0.4 is 4.90 Å². The van der Waals surface area contributed by atoms with E-state index < -0.39 is 0 Å². The van der Waals surface area contributed by atoms with Gasteiger partial charge in [0.15, 0.2) is 5.65 Å². The first-order valence-corrected chi connectivity index (χ1v) is 15.4. The summed E-state index contributed by atoms with van der Waals surface area (Å²) in [7, 11) is 0. The van der Waals surface area contributed by atoms with Crippen LogP contribution in [0.25, 0.3) is 16.9 Å². The summed E-state index contributed by atoms with van der Waals surface area (Å²) in [6, 6.07) is 9.82. The Morgan fingerprint density at radius 3 is 2.71 bits per heavy atom. The van der Waals surface area contributed by atoms with E-state index in [1.807, 2.05) is 28.5 Å². The Bertz CT molecular complexity index is 1370. The smallest absolute Gasteiger partial charge is 0.310 e. The summed E-state index contributed by atoms with van der Waals surface area (Å²) in [5.41, 5.74) is 4.56. The second-order valence-electron chi connectivity index (χ2n) is 11.9. The van der Waals surface area contributed by atoms with Crippen LogP contribution in [0.3, 0.4) is 0 Å². The zero-order valence-corrected chi connectivity index (χ0v) is 24.4. The molecule has 3 aliphatic rings. The number of hydrogen-bond donors (Lipinski definition) is 0. The Balaban J connectivity index is 1.20. The number of hydrogen-bond acceptors (Lipinski definition) is 7. The van der Waals surface area contributed by atoms with Gasteiger partial charge in [0.25, 0.3) is 0 Å². The quantitative estimate of drug-likeness (QED) is 0.299. The van der Waals surface area contributed by atoms with Crippen LogP contribution in [-0.2, 0) is 20.9 Å². The molecule has 6 rings (SSSR count). The van der Waals surface area contributed by atoms with Crippen LogP contribution >= 0.6 is 0 Å². The maximum absolute atomic E-state index is 15.5. The van der Waals surface area contributed by atoms with Crippen molar-refractivity contribution >= 4 is 17.3 Å². The third kappa shape index (κ3) is 6.11. The lowest BCUT2D eigenvalue weighted by atomic mass is 9.82. The third-order valence-corrected chi connectivity index (χ3v) is 9.13. The number of likely N-dealkylation sites (tertiary alicyclic amines) is 1. The van der Waals surface area contributed by atoms with Crippen molar-refractivity contribution in [1.82, 2.24) is 19.5 Å². The maximum atomic E-state index is 15.5. The van der Waals surface area contributed by atoms with Gasteiger partial charge in [-0.1, -0.05) is 19.3 Å². The molecule has 2 atom stereocenters. The first-order valence-electron chi connectivity index (χ1n) is 15.4. The molecule has 0 N–H and O–H groups in total. The summed E-state index contributed by atoms with van der Waals surface area (Å²) in [6.45, 7) is 7.88. The predicted molar refractivity (Wildman–Crippen MR) is 156 cm³/mol. The molecule has 0 bridgehead atoms. The fourth-order valence-corrected chi connectivity index (χ4v) is 6.40. The van der Waals surface area contributed by atoms with Crippen molar-refractivity contribution < 1.29 is 18.7 Å². The van der Waals surface area contributed by atoms with Crippen molar-refractivity contribution in [3.05, 3.63) is 47.5 Å². The Kier molecular flexibility index (Phi) is 8.53. The molecule has 1 aromatic carbocycles. The second kappa shape index (κ2) is 12.4. The van der Waals surface area contributed by atoms with Crippen molar-refractivity contribution in [3.63, 3.8) is 0 Å². The largest absolute Gasteiger partial charge is 0.466 e. The number of fused-ring (bicyclic) bond motifs is 1. The lowest BCUT2D eigenvalue weighted by Crippen LogP contribution is -2.34. The van der Waals surface area contributed by atoms with Crippen LogP contribution in [0.1, 0.15) is 82.5 Å². The minimum atomic E-state index is -0.328. The molecule has 0 amide bonds. The zero-order valence-electron chi connectivity index (χ0n) is 24.4. The van der Waals surface area contributed by atoms with Crippen molar-refractivity contribution in [3.8, 4) is 11.3 Å². The van der Waals surface area contributed by atoms with Gasteiger partial charge in [-0.05, 0) is 70.2 Å². The van der Waals surface area contributed by atoms with E-state index in [2.05, 4.69) is 17.9 Å². The van der Waals surface area contributed by atoms with Crippen LogP contribution in [0.15, 0.2) is 30.3 Å². The summed E-state index contributed by atoms with van der Waals surface area (Å²) >= 11 is 0. The van der Waals surface area contributed by atoms with Gasteiger partial charge >= 0.3 is 5.97 Å². The maximum Gasteiger partial charge on any atom is 0.310 e. The fraction of sp³-hybridized carbons (Fsp3) is 0.594. The summed E-state index contributed by atoms with van der Waals surface area (Å²) in [6.07, 6.45) is 9.23. The number of carbonyl (C=O) groups is 1. The third-order valence-electron chi connectivity index (χ3n) is 9.13. The fourth-order valence-electron chi connectivity index (χ4n) is 6.40. The predicted octanol–water partition coefficient (Wildman–Crippen LogP) is 5.93. The number of anilines is 1. The summed E-state index contributed by atoms with van der Waals surface area (Å²) in [5, 5.41) is 4.84. The molecule has 2 aliphatic heterocycles. The second-order valence-corrected chi connectivity index (χ2v) is 11.9. The van der Waals surface area contributed by atoms with Gasteiger partial charge in [0.05, 0.1) is 37.3 Å². The van der Waals surface area contributed by atoms with E-state index in [0.717, 1.165) is 42.1 Å². The van der Waals surface area contributed by atoms with Gasteiger partial charge in [-0.15, -0.1) is 0 Å². The van der Waals surface area contributed by atoms with Gasteiger partial charge in [0, 0.05) is 54.6 Å². The molecule has 4 heterocycles. The molecular weight excluding hydrogens is 521 g/mol. The number of ether oxygens (including phenoxy) is 2. The van der Waals surface area contributed by atoms with Gasteiger partial charge in [-0.2, -0.15) is 5.10 Å². The van der Waals surface area contributed by atoms with Crippen LogP contribution in [0.4, 0.5) is 10.1 Å². The van der Waals surface area contributed by atoms with Crippen molar-refractivity contribution in [2.24, 2.45) is 5.92 Å². The molecule has 2 saturated heterocycles. The Hall–Kier alpha value is -3.04. The normalized spacial score (nSPS) is 22.2. The Morgan fingerprint density at radius 1 is 1.05 bits per heavy atom. The van der Waals surface area contributed by atoms with Gasteiger partial charge < -0.3 is 14.4 Å². The zero-order chi connectivity index (χ0) is 28.3. The molecule has 0 spiro atoms. The number of rotatable bonds is 9. The van der Waals surface area contributed by atoms with Crippen LogP contribution in [0.5, 0.6) is 0 Å². The molecular formula is C32H42FN5O3. The molecule has 2 aromatic heterocycles. The number of nitrogens with zero attached hydrogens (tertiary/aromatic N) is 5. The Labute approximate surface area is 241 Å². The van der Waals surface area contributed by atoms with Gasteiger partial charge in [0.2, 0.25) is 0 Å². The SMILES string of the molecule is CCOC(=O)[C@H]1CCN(c2ccc(-c3cc4nc(COCN5CCCCC[C@H]5C)cc(C5CCC5)n4n3)c(F)c2)C1. The minimum Gasteiger partial charge on any atom is -0.466 e. The van der Waals surface area contributed by atoms with Crippen LogP contribution in [0.2, 0.25) is 0 Å². The van der Waals surface area contributed by atoms with Crippen molar-refractivity contribution in [2.45, 2.75) is 83.8 Å². The van der Waals surface area contributed by atoms with Gasteiger partial charge in [-0.3, -0.25) is 9.69 Å². The molecule has 1 saturated carbocycles. The average Bonchev–Trinajstić information content (AvgIpc) is 3.54. The lowest BCUT2D eigenvalue weighted by molar-refractivity contribution is -0.147. The van der Waals surface area contributed by atoms with Crippen LogP contribution in [0, 0.1) is 11.7 Å². The number of benzene rings is 1. The number of aromatic nitrogens is 3. The van der Waals surface area contributed by atoms with Crippen molar-refractivity contribution in [1.29, 1.82) is 0 Å². The topological polar surface area (TPSA) is 72.2 Å². The number of esters is 1. The molecule has 41 heavy (non-hydrogen) atoms. The number of halogens is 1. The van der Waals surface area contributed by atoms with E-state index in [4.69, 9.17) is 19.6 Å². The first kappa shape index (κ1) is 28.1. The summed E-state index contributed by atoms with van der Waals surface area (Å²) < 4.78 is 28.7. The summed E-state index contributed by atoms with van der Waals surface area (Å²) in [4.78, 5) is 21.5. The highest BCUT2D eigenvalue weighted by Gasteiger charge is 2.30. The van der Waals surface area contributed by atoms with E-state index in [1.165, 1.54) is 32.1 Å². The van der Waals surface area contributed by atoms with E-state index in [0.29, 0.717) is 62.7 Å². The van der Waals surface area contributed by atoms with E-state index in [-0.39, 0.29) is 17.7 Å². The molecule has 3 aromatic rings. The van der Waals surface area contributed by atoms with Gasteiger partial charge in [-0.25, -0.2) is 13.9 Å². The highest BCUT2D eigenvalue weighted by Crippen LogP contribution is 2.37. The molecule has 1 aliphatic carbocycles. The van der Waals surface area contributed by atoms with Crippen LogP contribution in [-0.4, -0.2) is 64.5 Å². The molecule has 0 radical (unpaired) electrons. The monoisotopic (exact) mass is 563 g/mol. The Morgan fingerprint density at radius 2 is 1.93 bits per heavy atom. The molecule has 9 heteroatoms. The summed E-state index contributed by atoms with van der Waals surface area (Å²) in [5.74, 6) is -0.232. The molecule has 3 fully saturated rings.